The van der Waals surface area contributed by atoms with Crippen LogP contribution in [-0.4, -0.2) is 24.2 Å². The van der Waals surface area contributed by atoms with E-state index in [2.05, 4.69) is 17.4 Å². The lowest BCUT2D eigenvalue weighted by Gasteiger charge is -2.23. The molecule has 2 unspecified atom stereocenters. The summed E-state index contributed by atoms with van der Waals surface area (Å²) in [6.45, 7) is 1.11. The van der Waals surface area contributed by atoms with Crippen molar-refractivity contribution in [2.75, 3.05) is 18.1 Å². The summed E-state index contributed by atoms with van der Waals surface area (Å²) in [7, 11) is 0. The highest BCUT2D eigenvalue weighted by atomic mass is 35.5. The third kappa shape index (κ3) is 3.39. The first-order valence-corrected chi connectivity index (χ1v) is 8.63. The zero-order valence-electron chi connectivity index (χ0n) is 11.0. The summed E-state index contributed by atoms with van der Waals surface area (Å²) < 4.78 is 6.03. The van der Waals surface area contributed by atoms with Gasteiger partial charge in [-0.2, -0.15) is 11.8 Å². The lowest BCUT2D eigenvalue weighted by molar-refractivity contribution is 0.211. The standard InChI is InChI=1S/C15H20ClNOS/c16-13-9-11(14-4-1-7-17-14)5-6-15(13)18-12-3-2-8-19-10-12/h5-6,9,12,14,17H,1-4,7-8,10H2. The van der Waals surface area contributed by atoms with Crippen molar-refractivity contribution in [2.24, 2.45) is 0 Å². The molecular formula is C15H20ClNOS. The summed E-state index contributed by atoms with van der Waals surface area (Å²) in [5.74, 6) is 3.19. The predicted octanol–water partition coefficient (Wildman–Crippen LogP) is 4.04. The van der Waals surface area contributed by atoms with Crippen LogP contribution >= 0.6 is 23.4 Å². The molecule has 4 heteroatoms. The maximum absolute atomic E-state index is 6.37. The topological polar surface area (TPSA) is 21.3 Å². The van der Waals surface area contributed by atoms with E-state index in [1.54, 1.807) is 0 Å². The first-order valence-electron chi connectivity index (χ1n) is 7.10. The molecule has 0 amide bonds. The molecule has 0 bridgehead atoms. The minimum absolute atomic E-state index is 0.326. The number of rotatable bonds is 3. The van der Waals surface area contributed by atoms with Crippen molar-refractivity contribution in [2.45, 2.75) is 37.8 Å². The van der Waals surface area contributed by atoms with Crippen LogP contribution < -0.4 is 10.1 Å². The Balaban J connectivity index is 1.68. The maximum atomic E-state index is 6.37. The molecule has 2 aliphatic heterocycles. The van der Waals surface area contributed by atoms with Crippen LogP contribution in [0.1, 0.15) is 37.3 Å². The van der Waals surface area contributed by atoms with E-state index in [0.29, 0.717) is 12.1 Å². The predicted molar refractivity (Wildman–Crippen MR) is 82.4 cm³/mol. The molecule has 1 N–H and O–H groups in total. The van der Waals surface area contributed by atoms with Crippen LogP contribution in [0.5, 0.6) is 5.75 Å². The number of benzene rings is 1. The van der Waals surface area contributed by atoms with E-state index in [9.17, 15) is 0 Å². The van der Waals surface area contributed by atoms with Crippen LogP contribution in [0.25, 0.3) is 0 Å². The summed E-state index contributed by atoms with van der Waals surface area (Å²) >= 11 is 8.34. The SMILES string of the molecule is Clc1cc(C2CCCN2)ccc1OC1CCCSC1. The molecule has 2 aliphatic rings. The Hall–Kier alpha value is -0.380. The summed E-state index contributed by atoms with van der Waals surface area (Å²) in [6.07, 6.45) is 5.17. The second kappa shape index (κ2) is 6.38. The van der Waals surface area contributed by atoms with Crippen molar-refractivity contribution in [3.8, 4) is 5.75 Å². The van der Waals surface area contributed by atoms with Gasteiger partial charge in [0, 0.05) is 11.8 Å². The van der Waals surface area contributed by atoms with Gasteiger partial charge in [0.15, 0.2) is 0 Å². The molecule has 19 heavy (non-hydrogen) atoms. The van der Waals surface area contributed by atoms with Crippen molar-refractivity contribution < 1.29 is 4.74 Å². The second-order valence-corrected chi connectivity index (χ2v) is 6.85. The van der Waals surface area contributed by atoms with E-state index in [1.165, 1.54) is 30.6 Å². The molecule has 0 saturated carbocycles. The Kier molecular flexibility index (Phi) is 4.57. The van der Waals surface area contributed by atoms with Crippen LogP contribution in [0.4, 0.5) is 0 Å². The van der Waals surface area contributed by atoms with Crippen molar-refractivity contribution in [3.63, 3.8) is 0 Å². The summed E-state index contributed by atoms with van der Waals surface area (Å²) in [5.41, 5.74) is 1.29. The lowest BCUT2D eigenvalue weighted by atomic mass is 10.1. The third-order valence-corrected chi connectivity index (χ3v) is 5.31. The van der Waals surface area contributed by atoms with Gasteiger partial charge in [-0.1, -0.05) is 17.7 Å². The Morgan fingerprint density at radius 3 is 2.89 bits per heavy atom. The van der Waals surface area contributed by atoms with Gasteiger partial charge in [-0.25, -0.2) is 0 Å². The fourth-order valence-electron chi connectivity index (χ4n) is 2.78. The zero-order valence-corrected chi connectivity index (χ0v) is 12.6. The Morgan fingerprint density at radius 2 is 2.21 bits per heavy atom. The molecule has 2 atom stereocenters. The number of hydrogen-bond donors (Lipinski definition) is 1. The quantitative estimate of drug-likeness (QED) is 0.910. The molecule has 2 nitrogen and oxygen atoms in total. The van der Waals surface area contributed by atoms with Gasteiger partial charge in [-0.3, -0.25) is 0 Å². The highest BCUT2D eigenvalue weighted by molar-refractivity contribution is 7.99. The van der Waals surface area contributed by atoms with Crippen molar-refractivity contribution in [1.29, 1.82) is 0 Å². The van der Waals surface area contributed by atoms with Gasteiger partial charge in [-0.15, -0.1) is 0 Å². The second-order valence-electron chi connectivity index (χ2n) is 5.30. The average molecular weight is 298 g/mol. The maximum Gasteiger partial charge on any atom is 0.138 e. The first kappa shape index (κ1) is 13.6. The molecular weight excluding hydrogens is 278 g/mol. The molecule has 3 rings (SSSR count). The molecule has 0 spiro atoms. The van der Waals surface area contributed by atoms with Crippen molar-refractivity contribution >= 4 is 23.4 Å². The molecule has 1 aromatic rings. The molecule has 0 aliphatic carbocycles. The van der Waals surface area contributed by atoms with Crippen LogP contribution in [0.15, 0.2) is 18.2 Å². The van der Waals surface area contributed by atoms with Crippen LogP contribution in [0.3, 0.4) is 0 Å². The lowest BCUT2D eigenvalue weighted by Crippen LogP contribution is -2.23. The molecule has 104 valence electrons. The molecule has 0 aromatic heterocycles. The summed E-state index contributed by atoms with van der Waals surface area (Å²) in [4.78, 5) is 0. The van der Waals surface area contributed by atoms with Crippen LogP contribution in [0, 0.1) is 0 Å². The Morgan fingerprint density at radius 1 is 1.26 bits per heavy atom. The highest BCUT2D eigenvalue weighted by Crippen LogP contribution is 2.32. The fraction of sp³-hybridized carbons (Fsp3) is 0.600. The number of ether oxygens (including phenoxy) is 1. The summed E-state index contributed by atoms with van der Waals surface area (Å²) in [5, 5.41) is 4.25. The molecule has 2 saturated heterocycles. The van der Waals surface area contributed by atoms with Gasteiger partial charge >= 0.3 is 0 Å². The van der Waals surface area contributed by atoms with Gasteiger partial charge in [-0.05, 0) is 55.7 Å². The number of nitrogens with one attached hydrogen (secondary N) is 1. The zero-order chi connectivity index (χ0) is 13.1. The first-order chi connectivity index (χ1) is 9.33. The highest BCUT2D eigenvalue weighted by Gasteiger charge is 2.19. The van der Waals surface area contributed by atoms with Crippen molar-refractivity contribution in [3.05, 3.63) is 28.8 Å². The van der Waals surface area contributed by atoms with Gasteiger partial charge in [0.1, 0.15) is 11.9 Å². The number of hydrogen-bond acceptors (Lipinski definition) is 3. The van der Waals surface area contributed by atoms with E-state index >= 15 is 0 Å². The van der Waals surface area contributed by atoms with E-state index < -0.39 is 0 Å². The van der Waals surface area contributed by atoms with Gasteiger partial charge in [0.2, 0.25) is 0 Å². The minimum atomic E-state index is 0.326. The van der Waals surface area contributed by atoms with Crippen LogP contribution in [0.2, 0.25) is 5.02 Å². The average Bonchev–Trinajstić information content (AvgIpc) is 2.96. The van der Waals surface area contributed by atoms with E-state index in [0.717, 1.165) is 29.5 Å². The fourth-order valence-corrected chi connectivity index (χ4v) is 4.05. The van der Waals surface area contributed by atoms with Crippen molar-refractivity contribution in [1.82, 2.24) is 5.32 Å². The smallest absolute Gasteiger partial charge is 0.138 e. The molecule has 0 radical (unpaired) electrons. The largest absolute Gasteiger partial charge is 0.488 e. The normalized spacial score (nSPS) is 27.4. The number of halogens is 1. The van der Waals surface area contributed by atoms with Gasteiger partial charge < -0.3 is 10.1 Å². The minimum Gasteiger partial charge on any atom is -0.488 e. The number of thioether (sulfide) groups is 1. The van der Waals surface area contributed by atoms with E-state index in [-0.39, 0.29) is 0 Å². The van der Waals surface area contributed by atoms with Crippen LogP contribution in [-0.2, 0) is 0 Å². The molecule has 2 heterocycles. The Labute approximate surface area is 124 Å². The van der Waals surface area contributed by atoms with E-state index in [1.807, 2.05) is 17.8 Å². The molecule has 1 aromatic carbocycles. The van der Waals surface area contributed by atoms with Gasteiger partial charge in [0.05, 0.1) is 5.02 Å². The monoisotopic (exact) mass is 297 g/mol. The molecule has 2 fully saturated rings. The van der Waals surface area contributed by atoms with E-state index in [4.69, 9.17) is 16.3 Å². The van der Waals surface area contributed by atoms with Gasteiger partial charge in [0.25, 0.3) is 0 Å². The Bertz CT molecular complexity index is 428. The summed E-state index contributed by atoms with van der Waals surface area (Å²) in [6, 6.07) is 6.73. The third-order valence-electron chi connectivity index (χ3n) is 3.83.